The summed E-state index contributed by atoms with van der Waals surface area (Å²) < 4.78 is 0. The largest absolute Gasteiger partial charge is 0.393 e. The van der Waals surface area contributed by atoms with E-state index in [1.165, 1.54) is 19.3 Å². The minimum Gasteiger partial charge on any atom is -0.393 e. The number of hydrogen-bond acceptors (Lipinski definition) is 3. The van der Waals surface area contributed by atoms with Crippen molar-refractivity contribution in [3.05, 3.63) is 0 Å². The maximum atomic E-state index is 12.7. The zero-order valence-corrected chi connectivity index (χ0v) is 14.7. The molecule has 3 fully saturated rings. The van der Waals surface area contributed by atoms with Crippen molar-refractivity contribution >= 4 is 11.8 Å². The van der Waals surface area contributed by atoms with E-state index in [0.717, 1.165) is 57.9 Å². The van der Waals surface area contributed by atoms with Gasteiger partial charge in [0.1, 0.15) is 0 Å². The van der Waals surface area contributed by atoms with Crippen LogP contribution in [-0.2, 0) is 9.59 Å². The van der Waals surface area contributed by atoms with Crippen molar-refractivity contribution in [2.45, 2.75) is 82.8 Å². The molecule has 0 aromatic heterocycles. The molecule has 0 aromatic rings. The molecule has 136 valence electrons. The van der Waals surface area contributed by atoms with Gasteiger partial charge in [-0.2, -0.15) is 0 Å². The van der Waals surface area contributed by atoms with E-state index >= 15 is 0 Å². The first-order chi connectivity index (χ1) is 11.6. The molecule has 0 radical (unpaired) electrons. The Bertz CT molecular complexity index is 440. The highest BCUT2D eigenvalue weighted by Gasteiger charge is 2.33. The molecule has 2 amide bonds. The number of nitrogens with one attached hydrogen (secondary N) is 1. The fraction of sp³-hybridized carbons (Fsp3) is 0.895. The summed E-state index contributed by atoms with van der Waals surface area (Å²) >= 11 is 0. The Kier molecular flexibility index (Phi) is 6.14. The molecule has 0 bridgehead atoms. The predicted octanol–water partition coefficient (Wildman–Crippen LogP) is 2.22. The van der Waals surface area contributed by atoms with E-state index in [0.29, 0.717) is 6.54 Å². The first-order valence-corrected chi connectivity index (χ1v) is 9.90. The van der Waals surface area contributed by atoms with Crippen LogP contribution in [0.25, 0.3) is 0 Å². The van der Waals surface area contributed by atoms with Crippen molar-refractivity contribution in [3.63, 3.8) is 0 Å². The van der Waals surface area contributed by atoms with Gasteiger partial charge in [-0.15, -0.1) is 0 Å². The van der Waals surface area contributed by atoms with E-state index in [2.05, 4.69) is 5.32 Å². The SMILES string of the molecule is O=C(NC1CCC(O)CC1)C1CCCN(C(=O)C2CCCCC2)C1. The van der Waals surface area contributed by atoms with Gasteiger partial charge < -0.3 is 15.3 Å². The van der Waals surface area contributed by atoms with Crippen molar-refractivity contribution < 1.29 is 14.7 Å². The van der Waals surface area contributed by atoms with Crippen LogP contribution >= 0.6 is 0 Å². The van der Waals surface area contributed by atoms with E-state index in [1.54, 1.807) is 0 Å². The lowest BCUT2D eigenvalue weighted by Gasteiger charge is -2.36. The summed E-state index contributed by atoms with van der Waals surface area (Å²) in [6, 6.07) is 0.199. The van der Waals surface area contributed by atoms with Crippen molar-refractivity contribution in [3.8, 4) is 0 Å². The number of hydrogen-bond donors (Lipinski definition) is 2. The number of carbonyl (C=O) groups is 2. The summed E-state index contributed by atoms with van der Waals surface area (Å²) in [5.74, 6) is 0.532. The lowest BCUT2D eigenvalue weighted by Crippen LogP contribution is -2.49. The summed E-state index contributed by atoms with van der Waals surface area (Å²) in [6.45, 7) is 1.41. The Morgan fingerprint density at radius 1 is 0.833 bits per heavy atom. The number of aliphatic hydroxyl groups is 1. The minimum absolute atomic E-state index is 0.0573. The van der Waals surface area contributed by atoms with Crippen LogP contribution in [0, 0.1) is 11.8 Å². The molecule has 1 unspecified atom stereocenters. The summed E-state index contributed by atoms with van der Waals surface area (Å²) in [5.41, 5.74) is 0. The second-order valence-electron chi connectivity index (χ2n) is 7.97. The van der Waals surface area contributed by atoms with Crippen LogP contribution < -0.4 is 5.32 Å². The number of likely N-dealkylation sites (tertiary alicyclic amines) is 1. The van der Waals surface area contributed by atoms with Crippen LogP contribution in [0.15, 0.2) is 0 Å². The minimum atomic E-state index is -0.198. The molecule has 0 aromatic carbocycles. The predicted molar refractivity (Wildman–Crippen MR) is 92.3 cm³/mol. The van der Waals surface area contributed by atoms with Crippen LogP contribution in [0.5, 0.6) is 0 Å². The summed E-state index contributed by atoms with van der Waals surface area (Å²) in [4.78, 5) is 27.2. The normalized spacial score (nSPS) is 32.4. The Balaban J connectivity index is 1.49. The summed E-state index contributed by atoms with van der Waals surface area (Å²) in [6.07, 6.45) is 10.5. The molecule has 3 rings (SSSR count). The molecule has 1 atom stereocenters. The van der Waals surface area contributed by atoms with Gasteiger partial charge in [0.05, 0.1) is 12.0 Å². The van der Waals surface area contributed by atoms with E-state index < -0.39 is 0 Å². The topological polar surface area (TPSA) is 69.6 Å². The van der Waals surface area contributed by atoms with Gasteiger partial charge in [-0.1, -0.05) is 19.3 Å². The Morgan fingerprint density at radius 2 is 1.50 bits per heavy atom. The third-order valence-electron chi connectivity index (χ3n) is 6.10. The number of carbonyl (C=O) groups excluding carboxylic acids is 2. The van der Waals surface area contributed by atoms with Crippen molar-refractivity contribution in [1.29, 1.82) is 0 Å². The molecule has 0 spiro atoms. The summed E-state index contributed by atoms with van der Waals surface area (Å²) in [7, 11) is 0. The van der Waals surface area contributed by atoms with Crippen LogP contribution in [0.3, 0.4) is 0 Å². The van der Waals surface area contributed by atoms with Crippen molar-refractivity contribution in [2.75, 3.05) is 13.1 Å². The zero-order valence-electron chi connectivity index (χ0n) is 14.7. The number of aliphatic hydroxyl groups excluding tert-OH is 1. The van der Waals surface area contributed by atoms with E-state index in [9.17, 15) is 14.7 Å². The quantitative estimate of drug-likeness (QED) is 0.830. The van der Waals surface area contributed by atoms with Crippen molar-refractivity contribution in [2.24, 2.45) is 11.8 Å². The first-order valence-electron chi connectivity index (χ1n) is 9.90. The number of nitrogens with zero attached hydrogens (tertiary/aromatic N) is 1. The van der Waals surface area contributed by atoms with E-state index in [1.807, 2.05) is 4.90 Å². The maximum Gasteiger partial charge on any atom is 0.225 e. The highest BCUT2D eigenvalue weighted by Crippen LogP contribution is 2.28. The van der Waals surface area contributed by atoms with Gasteiger partial charge in [-0.3, -0.25) is 9.59 Å². The van der Waals surface area contributed by atoms with Gasteiger partial charge in [0.25, 0.3) is 0 Å². The molecule has 5 nitrogen and oxygen atoms in total. The maximum absolute atomic E-state index is 12.7. The molecule has 2 saturated carbocycles. The van der Waals surface area contributed by atoms with Gasteiger partial charge >= 0.3 is 0 Å². The number of rotatable bonds is 3. The van der Waals surface area contributed by atoms with E-state index in [4.69, 9.17) is 0 Å². The monoisotopic (exact) mass is 336 g/mol. The van der Waals surface area contributed by atoms with E-state index in [-0.39, 0.29) is 35.8 Å². The zero-order chi connectivity index (χ0) is 16.9. The fourth-order valence-corrected chi connectivity index (χ4v) is 4.54. The Hall–Kier alpha value is -1.10. The third kappa shape index (κ3) is 4.50. The molecule has 1 saturated heterocycles. The van der Waals surface area contributed by atoms with Gasteiger partial charge in [-0.25, -0.2) is 0 Å². The van der Waals surface area contributed by atoms with Gasteiger partial charge in [0, 0.05) is 25.0 Å². The molecule has 5 heteroatoms. The van der Waals surface area contributed by atoms with Gasteiger partial charge in [0.15, 0.2) is 0 Å². The molecule has 1 aliphatic heterocycles. The lowest BCUT2D eigenvalue weighted by atomic mass is 9.87. The Labute approximate surface area is 145 Å². The third-order valence-corrected chi connectivity index (χ3v) is 6.10. The highest BCUT2D eigenvalue weighted by atomic mass is 16.3. The number of amides is 2. The smallest absolute Gasteiger partial charge is 0.225 e. The Morgan fingerprint density at radius 3 is 2.21 bits per heavy atom. The average molecular weight is 336 g/mol. The highest BCUT2D eigenvalue weighted by molar-refractivity contribution is 5.82. The molecular formula is C19H32N2O3. The molecule has 2 N–H and O–H groups in total. The van der Waals surface area contributed by atoms with Gasteiger partial charge in [0.2, 0.25) is 11.8 Å². The molecule has 2 aliphatic carbocycles. The first kappa shape index (κ1) is 17.7. The fourth-order valence-electron chi connectivity index (χ4n) is 4.54. The second kappa shape index (κ2) is 8.32. The molecule has 24 heavy (non-hydrogen) atoms. The molecule has 1 heterocycles. The molecule has 3 aliphatic rings. The average Bonchev–Trinajstić information content (AvgIpc) is 2.64. The van der Waals surface area contributed by atoms with Crippen LogP contribution in [-0.4, -0.2) is 47.1 Å². The molecular weight excluding hydrogens is 304 g/mol. The second-order valence-corrected chi connectivity index (χ2v) is 7.97. The van der Waals surface area contributed by atoms with Crippen molar-refractivity contribution in [1.82, 2.24) is 10.2 Å². The van der Waals surface area contributed by atoms with Gasteiger partial charge in [-0.05, 0) is 51.4 Å². The lowest BCUT2D eigenvalue weighted by molar-refractivity contribution is -0.140. The summed E-state index contributed by atoms with van der Waals surface area (Å²) in [5, 5.41) is 12.7. The standard InChI is InChI=1S/C19H32N2O3/c22-17-10-8-16(9-11-17)20-18(23)15-7-4-12-21(13-15)19(24)14-5-2-1-3-6-14/h14-17,22H,1-13H2,(H,20,23). The number of piperidine rings is 1. The van der Waals surface area contributed by atoms with Crippen LogP contribution in [0.1, 0.15) is 70.6 Å². The van der Waals surface area contributed by atoms with Crippen LogP contribution in [0.4, 0.5) is 0 Å². The van der Waals surface area contributed by atoms with Crippen LogP contribution in [0.2, 0.25) is 0 Å².